The van der Waals surface area contributed by atoms with E-state index in [9.17, 15) is 9.90 Å². The third kappa shape index (κ3) is 3.25. The summed E-state index contributed by atoms with van der Waals surface area (Å²) in [6.07, 6.45) is 10.6. The average Bonchev–Trinajstić information content (AvgIpc) is 2.38. The molecule has 2 rings (SSSR count). The summed E-state index contributed by atoms with van der Waals surface area (Å²) in [5.74, 6) is 0.154. The molecule has 2 N–H and O–H groups in total. The fourth-order valence-corrected chi connectivity index (χ4v) is 3.40. The molecule has 3 nitrogen and oxygen atoms in total. The second-order valence-electron chi connectivity index (χ2n) is 6.59. The van der Waals surface area contributed by atoms with Crippen LogP contribution in [0.15, 0.2) is 0 Å². The Labute approximate surface area is 110 Å². The normalized spacial score (nSPS) is 26.6. The lowest BCUT2D eigenvalue weighted by molar-refractivity contribution is -0.133. The van der Waals surface area contributed by atoms with E-state index in [0.717, 1.165) is 51.4 Å². The molecule has 0 saturated heterocycles. The molecule has 0 aromatic rings. The van der Waals surface area contributed by atoms with Gasteiger partial charge in [0.25, 0.3) is 0 Å². The summed E-state index contributed by atoms with van der Waals surface area (Å²) in [5, 5.41) is 13.4. The molecule has 0 aromatic carbocycles. The molecule has 0 unspecified atom stereocenters. The van der Waals surface area contributed by atoms with Crippen molar-refractivity contribution >= 4 is 5.91 Å². The van der Waals surface area contributed by atoms with Gasteiger partial charge in [-0.3, -0.25) is 4.79 Å². The van der Waals surface area contributed by atoms with Crippen LogP contribution in [0.1, 0.15) is 71.1 Å². The van der Waals surface area contributed by atoms with Crippen LogP contribution >= 0.6 is 0 Å². The fraction of sp³-hybridized carbons (Fsp3) is 0.933. The maximum Gasteiger partial charge on any atom is 0.226 e. The Morgan fingerprint density at radius 3 is 2.06 bits per heavy atom. The van der Waals surface area contributed by atoms with Crippen molar-refractivity contribution in [2.75, 3.05) is 6.54 Å². The van der Waals surface area contributed by atoms with E-state index in [0.29, 0.717) is 6.54 Å². The van der Waals surface area contributed by atoms with E-state index in [2.05, 4.69) is 12.2 Å². The Kier molecular flexibility index (Phi) is 4.31. The summed E-state index contributed by atoms with van der Waals surface area (Å²) in [7, 11) is 0. The van der Waals surface area contributed by atoms with Crippen LogP contribution in [-0.4, -0.2) is 23.2 Å². The monoisotopic (exact) mass is 253 g/mol. The maximum absolute atomic E-state index is 12.3. The van der Waals surface area contributed by atoms with E-state index in [1.807, 2.05) is 0 Å². The maximum atomic E-state index is 12.3. The number of carbonyl (C=O) groups excluding carboxylic acids is 1. The summed E-state index contributed by atoms with van der Waals surface area (Å²) in [6, 6.07) is 0. The number of rotatable bonds is 3. The van der Waals surface area contributed by atoms with Crippen LogP contribution < -0.4 is 5.32 Å². The zero-order valence-corrected chi connectivity index (χ0v) is 11.6. The van der Waals surface area contributed by atoms with Gasteiger partial charge in [-0.15, -0.1) is 0 Å². The third-order valence-electron chi connectivity index (χ3n) is 4.87. The van der Waals surface area contributed by atoms with Crippen molar-refractivity contribution in [2.45, 2.75) is 76.7 Å². The molecule has 2 aliphatic rings. The molecule has 2 saturated carbocycles. The molecule has 0 radical (unpaired) electrons. The van der Waals surface area contributed by atoms with E-state index < -0.39 is 5.60 Å². The second-order valence-corrected chi connectivity index (χ2v) is 6.59. The summed E-state index contributed by atoms with van der Waals surface area (Å²) >= 11 is 0. The Bertz CT molecular complexity index is 289. The van der Waals surface area contributed by atoms with Crippen LogP contribution in [0.4, 0.5) is 0 Å². The van der Waals surface area contributed by atoms with Crippen molar-refractivity contribution in [3.8, 4) is 0 Å². The molecule has 0 aromatic heterocycles. The molecule has 0 spiro atoms. The van der Waals surface area contributed by atoms with Gasteiger partial charge in [0, 0.05) is 12.0 Å². The van der Waals surface area contributed by atoms with Gasteiger partial charge < -0.3 is 10.4 Å². The van der Waals surface area contributed by atoms with Gasteiger partial charge in [-0.05, 0) is 25.7 Å². The lowest BCUT2D eigenvalue weighted by Crippen LogP contribution is -2.48. The van der Waals surface area contributed by atoms with Gasteiger partial charge in [0.1, 0.15) is 0 Å². The molecule has 0 bridgehead atoms. The highest BCUT2D eigenvalue weighted by molar-refractivity contribution is 5.82. The zero-order valence-electron chi connectivity index (χ0n) is 11.6. The molecular weight excluding hydrogens is 226 g/mol. The Hall–Kier alpha value is -0.570. The van der Waals surface area contributed by atoms with Crippen LogP contribution in [0.2, 0.25) is 0 Å². The van der Waals surface area contributed by atoms with E-state index in [4.69, 9.17) is 0 Å². The highest BCUT2D eigenvalue weighted by atomic mass is 16.3. The molecule has 1 amide bonds. The van der Waals surface area contributed by atoms with Crippen molar-refractivity contribution in [1.82, 2.24) is 5.32 Å². The molecule has 0 heterocycles. The van der Waals surface area contributed by atoms with Crippen molar-refractivity contribution in [2.24, 2.45) is 5.41 Å². The summed E-state index contributed by atoms with van der Waals surface area (Å²) in [5.41, 5.74) is -0.831. The average molecular weight is 253 g/mol. The fourth-order valence-electron chi connectivity index (χ4n) is 3.40. The number of aliphatic hydroxyl groups is 1. The number of amides is 1. The quantitative estimate of drug-likeness (QED) is 0.812. The minimum absolute atomic E-state index is 0.154. The first-order valence-electron chi connectivity index (χ1n) is 7.55. The number of hydrogen-bond acceptors (Lipinski definition) is 2. The first-order chi connectivity index (χ1) is 8.54. The summed E-state index contributed by atoms with van der Waals surface area (Å²) in [4.78, 5) is 12.3. The highest BCUT2D eigenvalue weighted by Crippen LogP contribution is 2.36. The first-order valence-corrected chi connectivity index (χ1v) is 7.55. The van der Waals surface area contributed by atoms with Crippen molar-refractivity contribution in [3.63, 3.8) is 0 Å². The Morgan fingerprint density at radius 1 is 1.00 bits per heavy atom. The highest BCUT2D eigenvalue weighted by Gasteiger charge is 2.36. The third-order valence-corrected chi connectivity index (χ3v) is 4.87. The van der Waals surface area contributed by atoms with Gasteiger partial charge >= 0.3 is 0 Å². The van der Waals surface area contributed by atoms with E-state index in [-0.39, 0.29) is 11.3 Å². The lowest BCUT2D eigenvalue weighted by Gasteiger charge is -2.36. The molecule has 0 aliphatic heterocycles. The summed E-state index contributed by atoms with van der Waals surface area (Å²) < 4.78 is 0. The number of carbonyl (C=O) groups is 1. The Morgan fingerprint density at radius 2 is 1.50 bits per heavy atom. The van der Waals surface area contributed by atoms with Crippen LogP contribution in [0, 0.1) is 5.41 Å². The van der Waals surface area contributed by atoms with Crippen LogP contribution in [0.3, 0.4) is 0 Å². The second kappa shape index (κ2) is 5.60. The van der Waals surface area contributed by atoms with Crippen molar-refractivity contribution in [3.05, 3.63) is 0 Å². The minimum atomic E-state index is -0.640. The van der Waals surface area contributed by atoms with Crippen molar-refractivity contribution < 1.29 is 9.90 Å². The molecular formula is C15H27NO2. The first kappa shape index (κ1) is 13.9. The predicted molar refractivity (Wildman–Crippen MR) is 72.2 cm³/mol. The number of nitrogens with one attached hydrogen (secondary N) is 1. The van der Waals surface area contributed by atoms with E-state index in [1.54, 1.807) is 0 Å². The molecule has 18 heavy (non-hydrogen) atoms. The SMILES string of the molecule is CC1(C(=O)NCC2(O)CCCCC2)CCCCC1. The van der Waals surface area contributed by atoms with Gasteiger partial charge in [-0.2, -0.15) is 0 Å². The van der Waals surface area contributed by atoms with Crippen LogP contribution in [0.25, 0.3) is 0 Å². The van der Waals surface area contributed by atoms with Gasteiger partial charge in [0.15, 0.2) is 0 Å². The van der Waals surface area contributed by atoms with Crippen LogP contribution in [-0.2, 0) is 4.79 Å². The topological polar surface area (TPSA) is 49.3 Å². The zero-order chi connectivity index (χ0) is 13.1. The molecule has 3 heteroatoms. The standard InChI is InChI=1S/C15H27NO2/c1-14(8-4-2-5-9-14)13(17)16-12-15(18)10-6-3-7-11-15/h18H,2-12H2,1H3,(H,16,17). The molecule has 2 aliphatic carbocycles. The number of hydrogen-bond donors (Lipinski definition) is 2. The molecule has 104 valence electrons. The predicted octanol–water partition coefficient (Wildman–Crippen LogP) is 2.77. The van der Waals surface area contributed by atoms with Gasteiger partial charge in [-0.25, -0.2) is 0 Å². The minimum Gasteiger partial charge on any atom is -0.388 e. The molecule has 2 fully saturated rings. The van der Waals surface area contributed by atoms with E-state index in [1.165, 1.54) is 12.8 Å². The molecule has 0 atom stereocenters. The van der Waals surface area contributed by atoms with E-state index >= 15 is 0 Å². The van der Waals surface area contributed by atoms with Gasteiger partial charge in [0.2, 0.25) is 5.91 Å². The van der Waals surface area contributed by atoms with Gasteiger partial charge in [0.05, 0.1) is 5.60 Å². The summed E-state index contributed by atoms with van der Waals surface area (Å²) in [6.45, 7) is 2.52. The van der Waals surface area contributed by atoms with Crippen molar-refractivity contribution in [1.29, 1.82) is 0 Å². The van der Waals surface area contributed by atoms with Crippen LogP contribution in [0.5, 0.6) is 0 Å². The largest absolute Gasteiger partial charge is 0.388 e. The lowest BCUT2D eigenvalue weighted by atomic mass is 9.75. The Balaban J connectivity index is 1.83. The smallest absolute Gasteiger partial charge is 0.226 e. The van der Waals surface area contributed by atoms with Gasteiger partial charge in [-0.1, -0.05) is 45.4 Å².